The van der Waals surface area contributed by atoms with Crippen LogP contribution < -0.4 is 10.1 Å². The van der Waals surface area contributed by atoms with Crippen LogP contribution in [0.4, 0.5) is 0 Å². The van der Waals surface area contributed by atoms with Crippen molar-refractivity contribution in [3.05, 3.63) is 29.8 Å². The van der Waals surface area contributed by atoms with Crippen LogP contribution in [0.15, 0.2) is 24.3 Å². The molecule has 1 rings (SSSR count). The van der Waals surface area contributed by atoms with Gasteiger partial charge in [-0.15, -0.1) is 0 Å². The Balaban J connectivity index is 2.59. The lowest BCUT2D eigenvalue weighted by Crippen LogP contribution is -2.26. The molecule has 1 amide bonds. The summed E-state index contributed by atoms with van der Waals surface area (Å²) in [7, 11) is 0. The third-order valence-corrected chi connectivity index (χ3v) is 2.24. The minimum absolute atomic E-state index is 0.155. The van der Waals surface area contributed by atoms with Crippen molar-refractivity contribution in [2.45, 2.75) is 45.8 Å². The van der Waals surface area contributed by atoms with E-state index in [9.17, 15) is 4.79 Å². The number of hydrogen-bond donors (Lipinski definition) is 1. The zero-order valence-corrected chi connectivity index (χ0v) is 11.0. The molecule has 0 aromatic heterocycles. The van der Waals surface area contributed by atoms with Crippen LogP contribution >= 0.6 is 0 Å². The highest BCUT2D eigenvalue weighted by atomic mass is 16.5. The van der Waals surface area contributed by atoms with Crippen molar-refractivity contribution >= 4 is 6.41 Å². The minimum atomic E-state index is -0.173. The minimum Gasteiger partial charge on any atom is -0.488 e. The summed E-state index contributed by atoms with van der Waals surface area (Å²) in [6.45, 7) is 8.05. The van der Waals surface area contributed by atoms with Crippen LogP contribution in [0.3, 0.4) is 0 Å². The van der Waals surface area contributed by atoms with Gasteiger partial charge in [0.15, 0.2) is 0 Å². The molecule has 0 aliphatic heterocycles. The first-order valence-corrected chi connectivity index (χ1v) is 5.88. The Hall–Kier alpha value is -1.51. The Morgan fingerprint density at radius 3 is 2.35 bits per heavy atom. The Kier molecular flexibility index (Phi) is 4.55. The van der Waals surface area contributed by atoms with Crippen molar-refractivity contribution in [1.29, 1.82) is 0 Å². The summed E-state index contributed by atoms with van der Waals surface area (Å²) < 4.78 is 5.74. The summed E-state index contributed by atoms with van der Waals surface area (Å²) in [4.78, 5) is 10.3. The van der Waals surface area contributed by atoms with Gasteiger partial charge in [0.05, 0.1) is 0 Å². The number of ether oxygens (including phenoxy) is 1. The monoisotopic (exact) mass is 235 g/mol. The van der Waals surface area contributed by atoms with Crippen LogP contribution in [0.25, 0.3) is 0 Å². The molecule has 0 unspecified atom stereocenters. The van der Waals surface area contributed by atoms with E-state index in [1.54, 1.807) is 0 Å². The van der Waals surface area contributed by atoms with Crippen LogP contribution in [-0.4, -0.2) is 18.1 Å². The molecule has 1 N–H and O–H groups in total. The number of nitrogens with one attached hydrogen (secondary N) is 1. The Labute approximate surface area is 103 Å². The maximum Gasteiger partial charge on any atom is 0.207 e. The molecular formula is C14H21NO2. The highest BCUT2D eigenvalue weighted by Crippen LogP contribution is 2.18. The zero-order chi connectivity index (χ0) is 12.9. The molecule has 3 heteroatoms. The van der Waals surface area contributed by atoms with E-state index in [1.165, 1.54) is 5.56 Å². The Morgan fingerprint density at radius 2 is 1.88 bits per heavy atom. The molecule has 0 aliphatic carbocycles. The van der Waals surface area contributed by atoms with Crippen LogP contribution in [0.2, 0.25) is 0 Å². The van der Waals surface area contributed by atoms with Gasteiger partial charge >= 0.3 is 0 Å². The van der Waals surface area contributed by atoms with Crippen molar-refractivity contribution in [2.24, 2.45) is 0 Å². The van der Waals surface area contributed by atoms with E-state index in [2.05, 4.69) is 5.32 Å². The number of hydrogen-bond acceptors (Lipinski definition) is 2. The lowest BCUT2D eigenvalue weighted by atomic mass is 10.1. The lowest BCUT2D eigenvalue weighted by molar-refractivity contribution is -0.110. The van der Waals surface area contributed by atoms with Crippen molar-refractivity contribution in [3.63, 3.8) is 0 Å². The fraction of sp³-hybridized carbons (Fsp3) is 0.500. The standard InChI is InChI=1S/C14H21NO2/c1-11(15-10-16)9-12-5-7-13(8-6-12)17-14(2,3)4/h5-8,10-11H,9H2,1-4H3,(H,15,16)/t11-/m1/s1. The van der Waals surface area contributed by atoms with Gasteiger partial charge in [0.1, 0.15) is 11.4 Å². The second kappa shape index (κ2) is 5.71. The first-order chi connectivity index (χ1) is 7.90. The topological polar surface area (TPSA) is 38.3 Å². The summed E-state index contributed by atoms with van der Waals surface area (Å²) in [5.41, 5.74) is 1.02. The van der Waals surface area contributed by atoms with Gasteiger partial charge in [-0.1, -0.05) is 12.1 Å². The third kappa shape index (κ3) is 5.38. The molecule has 0 bridgehead atoms. The lowest BCUT2D eigenvalue weighted by Gasteiger charge is -2.21. The van der Waals surface area contributed by atoms with Crippen LogP contribution in [-0.2, 0) is 11.2 Å². The smallest absolute Gasteiger partial charge is 0.207 e. The Morgan fingerprint density at radius 1 is 1.29 bits per heavy atom. The van der Waals surface area contributed by atoms with E-state index in [0.717, 1.165) is 18.6 Å². The molecule has 0 radical (unpaired) electrons. The number of amides is 1. The maximum absolute atomic E-state index is 10.3. The zero-order valence-electron chi connectivity index (χ0n) is 11.0. The second-order valence-electron chi connectivity index (χ2n) is 5.25. The first-order valence-electron chi connectivity index (χ1n) is 5.88. The largest absolute Gasteiger partial charge is 0.488 e. The van der Waals surface area contributed by atoms with E-state index < -0.39 is 0 Å². The first kappa shape index (κ1) is 13.6. The van der Waals surface area contributed by atoms with E-state index in [1.807, 2.05) is 52.0 Å². The molecule has 1 aromatic carbocycles. The fourth-order valence-corrected chi connectivity index (χ4v) is 1.58. The summed E-state index contributed by atoms with van der Waals surface area (Å²) in [5, 5.41) is 2.74. The second-order valence-corrected chi connectivity index (χ2v) is 5.25. The van der Waals surface area contributed by atoms with Gasteiger partial charge in [-0.05, 0) is 51.8 Å². The molecule has 0 saturated heterocycles. The van der Waals surface area contributed by atoms with Crippen molar-refractivity contribution in [2.75, 3.05) is 0 Å². The van der Waals surface area contributed by atoms with E-state index in [0.29, 0.717) is 0 Å². The molecule has 0 spiro atoms. The van der Waals surface area contributed by atoms with E-state index in [4.69, 9.17) is 4.74 Å². The van der Waals surface area contributed by atoms with Gasteiger partial charge < -0.3 is 10.1 Å². The number of benzene rings is 1. The fourth-order valence-electron chi connectivity index (χ4n) is 1.58. The van der Waals surface area contributed by atoms with Crippen LogP contribution in [0, 0.1) is 0 Å². The average Bonchev–Trinajstić information content (AvgIpc) is 2.19. The molecule has 1 aromatic rings. The highest BCUT2D eigenvalue weighted by molar-refractivity contribution is 5.46. The number of rotatable bonds is 5. The normalized spacial score (nSPS) is 12.9. The third-order valence-electron chi connectivity index (χ3n) is 2.24. The van der Waals surface area contributed by atoms with Crippen molar-refractivity contribution < 1.29 is 9.53 Å². The Bertz CT molecular complexity index is 351. The van der Waals surface area contributed by atoms with Crippen molar-refractivity contribution in [1.82, 2.24) is 5.32 Å². The number of carbonyl (C=O) groups is 1. The summed E-state index contributed by atoms with van der Waals surface area (Å²) in [5.74, 6) is 0.872. The van der Waals surface area contributed by atoms with Crippen LogP contribution in [0.1, 0.15) is 33.3 Å². The molecule has 0 saturated carbocycles. The van der Waals surface area contributed by atoms with Gasteiger partial charge in [0, 0.05) is 6.04 Å². The predicted molar refractivity (Wildman–Crippen MR) is 69.2 cm³/mol. The van der Waals surface area contributed by atoms with E-state index in [-0.39, 0.29) is 11.6 Å². The maximum atomic E-state index is 10.3. The molecule has 0 aliphatic rings. The van der Waals surface area contributed by atoms with E-state index >= 15 is 0 Å². The quantitative estimate of drug-likeness (QED) is 0.796. The predicted octanol–water partition coefficient (Wildman–Crippen LogP) is 2.54. The highest BCUT2D eigenvalue weighted by Gasteiger charge is 2.11. The summed E-state index contributed by atoms with van der Waals surface area (Å²) in [6, 6.07) is 8.15. The molecule has 1 atom stereocenters. The van der Waals surface area contributed by atoms with Crippen molar-refractivity contribution in [3.8, 4) is 5.75 Å². The SMILES string of the molecule is C[C@H](Cc1ccc(OC(C)(C)C)cc1)NC=O. The molecule has 0 heterocycles. The van der Waals surface area contributed by atoms with Gasteiger partial charge in [0.2, 0.25) is 6.41 Å². The molecular weight excluding hydrogens is 214 g/mol. The van der Waals surface area contributed by atoms with Gasteiger partial charge in [0.25, 0.3) is 0 Å². The molecule has 0 fully saturated rings. The van der Waals surface area contributed by atoms with Crippen LogP contribution in [0.5, 0.6) is 5.75 Å². The van der Waals surface area contributed by atoms with Gasteiger partial charge in [-0.25, -0.2) is 0 Å². The molecule has 17 heavy (non-hydrogen) atoms. The summed E-state index contributed by atoms with van der Waals surface area (Å²) >= 11 is 0. The molecule has 94 valence electrons. The number of carbonyl (C=O) groups excluding carboxylic acids is 1. The van der Waals surface area contributed by atoms with Gasteiger partial charge in [-0.3, -0.25) is 4.79 Å². The average molecular weight is 235 g/mol. The molecule has 3 nitrogen and oxygen atoms in total. The summed E-state index contributed by atoms with van der Waals surface area (Å²) in [6.07, 6.45) is 1.57. The van der Waals surface area contributed by atoms with Gasteiger partial charge in [-0.2, -0.15) is 0 Å².